The molecule has 0 saturated heterocycles. The van der Waals surface area contributed by atoms with Gasteiger partial charge in [0.15, 0.2) is 0 Å². The summed E-state index contributed by atoms with van der Waals surface area (Å²) in [7, 11) is 0. The standard InChI is InChI=1S/C15H22O2/c1-12(2)14(15(16)17)11-7-6-10-13-8-4-3-5-9-13/h3-5,8-9,12,14H,6-7,10-11H2,1-2H3,(H,16,17). The molecular weight excluding hydrogens is 212 g/mol. The summed E-state index contributed by atoms with van der Waals surface area (Å²) in [4.78, 5) is 11.0. The Balaban J connectivity index is 2.26. The van der Waals surface area contributed by atoms with Gasteiger partial charge in [-0.15, -0.1) is 0 Å². The molecule has 1 aromatic carbocycles. The van der Waals surface area contributed by atoms with Crippen LogP contribution in [0.4, 0.5) is 0 Å². The van der Waals surface area contributed by atoms with Crippen LogP contribution < -0.4 is 0 Å². The van der Waals surface area contributed by atoms with Gasteiger partial charge in [0.2, 0.25) is 0 Å². The van der Waals surface area contributed by atoms with E-state index in [1.54, 1.807) is 0 Å². The minimum atomic E-state index is -0.653. The van der Waals surface area contributed by atoms with E-state index in [-0.39, 0.29) is 11.8 Å². The SMILES string of the molecule is CC(C)C(CCCCc1ccccc1)C(=O)O. The molecular formula is C15H22O2. The fourth-order valence-electron chi connectivity index (χ4n) is 2.08. The van der Waals surface area contributed by atoms with Crippen LogP contribution in [0.5, 0.6) is 0 Å². The molecule has 1 aromatic rings. The first-order chi connectivity index (χ1) is 8.11. The maximum atomic E-state index is 11.0. The van der Waals surface area contributed by atoms with E-state index in [2.05, 4.69) is 12.1 Å². The average Bonchev–Trinajstić information content (AvgIpc) is 2.29. The van der Waals surface area contributed by atoms with Crippen molar-refractivity contribution in [3.05, 3.63) is 35.9 Å². The normalized spacial score (nSPS) is 12.6. The summed E-state index contributed by atoms with van der Waals surface area (Å²) in [6, 6.07) is 10.4. The number of rotatable bonds is 7. The molecule has 94 valence electrons. The van der Waals surface area contributed by atoms with Gasteiger partial charge < -0.3 is 5.11 Å². The van der Waals surface area contributed by atoms with Crippen molar-refractivity contribution in [2.75, 3.05) is 0 Å². The average molecular weight is 234 g/mol. The second-order valence-electron chi connectivity index (χ2n) is 4.92. The van der Waals surface area contributed by atoms with E-state index in [0.29, 0.717) is 0 Å². The van der Waals surface area contributed by atoms with Crippen molar-refractivity contribution < 1.29 is 9.90 Å². The Kier molecular flexibility index (Phi) is 5.75. The third-order valence-electron chi connectivity index (χ3n) is 3.20. The van der Waals surface area contributed by atoms with Gasteiger partial charge in [-0.2, -0.15) is 0 Å². The van der Waals surface area contributed by atoms with Crippen LogP contribution in [-0.2, 0) is 11.2 Å². The largest absolute Gasteiger partial charge is 0.481 e. The summed E-state index contributed by atoms with van der Waals surface area (Å²) < 4.78 is 0. The lowest BCUT2D eigenvalue weighted by atomic mass is 9.90. The number of hydrogen-bond acceptors (Lipinski definition) is 1. The molecule has 0 aliphatic rings. The van der Waals surface area contributed by atoms with Gasteiger partial charge in [-0.3, -0.25) is 4.79 Å². The van der Waals surface area contributed by atoms with E-state index >= 15 is 0 Å². The molecule has 2 heteroatoms. The molecule has 0 aliphatic heterocycles. The molecule has 2 nitrogen and oxygen atoms in total. The number of hydrogen-bond donors (Lipinski definition) is 1. The van der Waals surface area contributed by atoms with Crippen LogP contribution in [0.15, 0.2) is 30.3 Å². The molecule has 0 amide bonds. The van der Waals surface area contributed by atoms with Crippen molar-refractivity contribution in [2.45, 2.75) is 39.5 Å². The van der Waals surface area contributed by atoms with Gasteiger partial charge in [-0.25, -0.2) is 0 Å². The zero-order valence-corrected chi connectivity index (χ0v) is 10.7. The zero-order chi connectivity index (χ0) is 12.7. The molecule has 0 aromatic heterocycles. The molecule has 17 heavy (non-hydrogen) atoms. The number of carbonyl (C=O) groups is 1. The Labute approximate surface area is 104 Å². The lowest BCUT2D eigenvalue weighted by Gasteiger charge is -2.15. The summed E-state index contributed by atoms with van der Waals surface area (Å²) in [5.74, 6) is -0.616. The third kappa shape index (κ3) is 5.03. The van der Waals surface area contributed by atoms with Crippen LogP contribution in [0.25, 0.3) is 0 Å². The monoisotopic (exact) mass is 234 g/mol. The Morgan fingerprint density at radius 1 is 1.18 bits per heavy atom. The molecule has 0 radical (unpaired) electrons. The van der Waals surface area contributed by atoms with Crippen molar-refractivity contribution in [1.29, 1.82) is 0 Å². The molecule has 1 rings (SSSR count). The van der Waals surface area contributed by atoms with E-state index < -0.39 is 5.97 Å². The highest BCUT2D eigenvalue weighted by atomic mass is 16.4. The van der Waals surface area contributed by atoms with Crippen molar-refractivity contribution in [3.63, 3.8) is 0 Å². The highest BCUT2D eigenvalue weighted by Crippen LogP contribution is 2.19. The molecule has 0 saturated carbocycles. The van der Waals surface area contributed by atoms with Gasteiger partial charge >= 0.3 is 5.97 Å². The summed E-state index contributed by atoms with van der Waals surface area (Å²) in [5, 5.41) is 9.06. The van der Waals surface area contributed by atoms with Gasteiger partial charge in [0, 0.05) is 0 Å². The lowest BCUT2D eigenvalue weighted by molar-refractivity contribution is -0.143. The molecule has 0 spiro atoms. The van der Waals surface area contributed by atoms with Crippen LogP contribution in [0, 0.1) is 11.8 Å². The van der Waals surface area contributed by atoms with E-state index in [0.717, 1.165) is 25.7 Å². The topological polar surface area (TPSA) is 37.3 Å². The minimum absolute atomic E-state index is 0.189. The highest BCUT2D eigenvalue weighted by molar-refractivity contribution is 5.70. The van der Waals surface area contributed by atoms with Gasteiger partial charge in [0.05, 0.1) is 5.92 Å². The van der Waals surface area contributed by atoms with E-state index in [1.165, 1.54) is 5.56 Å². The number of carboxylic acid groups (broad SMARTS) is 1. The lowest BCUT2D eigenvalue weighted by Crippen LogP contribution is -2.19. The number of carboxylic acids is 1. The second kappa shape index (κ2) is 7.10. The van der Waals surface area contributed by atoms with E-state index in [1.807, 2.05) is 32.0 Å². The van der Waals surface area contributed by atoms with E-state index in [4.69, 9.17) is 5.11 Å². The Hall–Kier alpha value is -1.31. The number of aliphatic carboxylic acids is 1. The van der Waals surface area contributed by atoms with Crippen molar-refractivity contribution >= 4 is 5.97 Å². The molecule has 0 heterocycles. The van der Waals surface area contributed by atoms with Gasteiger partial charge in [-0.05, 0) is 30.7 Å². The maximum Gasteiger partial charge on any atom is 0.306 e. The van der Waals surface area contributed by atoms with Crippen molar-refractivity contribution in [3.8, 4) is 0 Å². The molecule has 0 bridgehead atoms. The third-order valence-corrected chi connectivity index (χ3v) is 3.20. The fourth-order valence-corrected chi connectivity index (χ4v) is 2.08. The Morgan fingerprint density at radius 3 is 2.35 bits per heavy atom. The minimum Gasteiger partial charge on any atom is -0.481 e. The van der Waals surface area contributed by atoms with Crippen LogP contribution >= 0.6 is 0 Å². The predicted octanol–water partition coefficient (Wildman–Crippen LogP) is 3.76. The number of unbranched alkanes of at least 4 members (excludes halogenated alkanes) is 1. The molecule has 0 aliphatic carbocycles. The zero-order valence-electron chi connectivity index (χ0n) is 10.7. The first-order valence-electron chi connectivity index (χ1n) is 6.38. The number of benzene rings is 1. The van der Waals surface area contributed by atoms with E-state index in [9.17, 15) is 4.79 Å². The molecule has 1 unspecified atom stereocenters. The summed E-state index contributed by atoms with van der Waals surface area (Å²) in [6.07, 6.45) is 3.90. The van der Waals surface area contributed by atoms with Crippen molar-refractivity contribution in [2.24, 2.45) is 11.8 Å². The summed E-state index contributed by atoms with van der Waals surface area (Å²) in [6.45, 7) is 3.96. The highest BCUT2D eigenvalue weighted by Gasteiger charge is 2.20. The van der Waals surface area contributed by atoms with Gasteiger partial charge in [0.1, 0.15) is 0 Å². The fraction of sp³-hybridized carbons (Fsp3) is 0.533. The molecule has 1 atom stereocenters. The first kappa shape index (κ1) is 13.8. The predicted molar refractivity (Wildman–Crippen MR) is 70.0 cm³/mol. The second-order valence-corrected chi connectivity index (χ2v) is 4.92. The van der Waals surface area contributed by atoms with Crippen LogP contribution in [0.1, 0.15) is 38.7 Å². The smallest absolute Gasteiger partial charge is 0.306 e. The summed E-state index contributed by atoms with van der Waals surface area (Å²) in [5.41, 5.74) is 1.34. The Morgan fingerprint density at radius 2 is 1.82 bits per heavy atom. The Bertz CT molecular complexity index is 330. The quantitative estimate of drug-likeness (QED) is 0.729. The maximum absolute atomic E-state index is 11.0. The van der Waals surface area contributed by atoms with Gasteiger partial charge in [-0.1, -0.05) is 50.6 Å². The molecule has 0 fully saturated rings. The van der Waals surface area contributed by atoms with Crippen LogP contribution in [0.2, 0.25) is 0 Å². The summed E-state index contributed by atoms with van der Waals surface area (Å²) >= 11 is 0. The number of aryl methyl sites for hydroxylation is 1. The molecule has 1 N–H and O–H groups in total. The van der Waals surface area contributed by atoms with Crippen LogP contribution in [-0.4, -0.2) is 11.1 Å². The first-order valence-corrected chi connectivity index (χ1v) is 6.38. The van der Waals surface area contributed by atoms with Crippen LogP contribution in [0.3, 0.4) is 0 Å². The van der Waals surface area contributed by atoms with Crippen molar-refractivity contribution in [1.82, 2.24) is 0 Å². The van der Waals surface area contributed by atoms with Gasteiger partial charge in [0.25, 0.3) is 0 Å².